The summed E-state index contributed by atoms with van der Waals surface area (Å²) in [5.74, 6) is -2.91. The molecule has 5 N–H and O–H groups in total. The van der Waals surface area contributed by atoms with Crippen LogP contribution in [0, 0.1) is 0 Å². The molecule has 6 unspecified atom stereocenters. The van der Waals surface area contributed by atoms with Gasteiger partial charge in [0.1, 0.15) is 24.9 Å². The third-order valence-corrected chi connectivity index (χ3v) is 4.76. The van der Waals surface area contributed by atoms with Crippen molar-refractivity contribution in [2.45, 2.75) is 62.4 Å². The second-order valence-corrected chi connectivity index (χ2v) is 7.36. The van der Waals surface area contributed by atoms with Gasteiger partial charge in [0, 0.05) is 26.9 Å². The van der Waals surface area contributed by atoms with Gasteiger partial charge in [0.25, 0.3) is 6.47 Å². The van der Waals surface area contributed by atoms with E-state index in [-0.39, 0.29) is 38.9 Å². The van der Waals surface area contributed by atoms with Gasteiger partial charge in [-0.1, -0.05) is 0 Å². The first-order valence-corrected chi connectivity index (χ1v) is 10.1. The van der Waals surface area contributed by atoms with E-state index in [1.54, 1.807) is 0 Å². The zero-order valence-corrected chi connectivity index (χ0v) is 18.2. The van der Waals surface area contributed by atoms with Crippen LogP contribution in [0.2, 0.25) is 0 Å². The largest absolute Gasteiger partial charge is 0.463 e. The number of nitrogens with one attached hydrogen (secondary N) is 1. The fourth-order valence-corrected chi connectivity index (χ4v) is 3.10. The molecule has 186 valence electrons. The molecule has 0 aliphatic carbocycles. The van der Waals surface area contributed by atoms with Gasteiger partial charge < -0.3 is 49.4 Å². The third kappa shape index (κ3) is 9.32. The van der Waals surface area contributed by atoms with Crippen LogP contribution >= 0.6 is 0 Å². The lowest BCUT2D eigenvalue weighted by atomic mass is 9.89. The number of methoxy groups -OCH3 is 1. The van der Waals surface area contributed by atoms with E-state index in [0.29, 0.717) is 13.2 Å². The van der Waals surface area contributed by atoms with Gasteiger partial charge in [0.15, 0.2) is 0 Å². The van der Waals surface area contributed by atoms with Crippen LogP contribution < -0.4 is 5.32 Å². The summed E-state index contributed by atoms with van der Waals surface area (Å²) >= 11 is 0. The van der Waals surface area contributed by atoms with Crippen LogP contribution in [0.1, 0.15) is 26.2 Å². The van der Waals surface area contributed by atoms with Crippen LogP contribution in [0.25, 0.3) is 0 Å². The molecule has 32 heavy (non-hydrogen) atoms. The van der Waals surface area contributed by atoms with Gasteiger partial charge in [0.2, 0.25) is 11.7 Å². The highest BCUT2D eigenvalue weighted by atomic mass is 16.7. The molecular formula is C19H33NO12. The molecule has 13 heteroatoms. The number of esters is 1. The van der Waals surface area contributed by atoms with Crippen molar-refractivity contribution < 1.29 is 58.5 Å². The number of aliphatic hydroxyl groups excluding tert-OH is 4. The molecule has 1 aliphatic rings. The lowest BCUT2D eigenvalue weighted by molar-refractivity contribution is -0.294. The Hall–Kier alpha value is -1.87. The maximum atomic E-state index is 12.3. The summed E-state index contributed by atoms with van der Waals surface area (Å²) in [5.41, 5.74) is 0. The zero-order valence-electron chi connectivity index (χ0n) is 18.2. The van der Waals surface area contributed by atoms with Crippen molar-refractivity contribution in [3.05, 3.63) is 0 Å². The summed E-state index contributed by atoms with van der Waals surface area (Å²) in [4.78, 5) is 34.8. The number of aliphatic hydroxyl groups is 4. The van der Waals surface area contributed by atoms with Crippen LogP contribution in [0.3, 0.4) is 0 Å². The van der Waals surface area contributed by atoms with Gasteiger partial charge in [-0.05, 0) is 0 Å². The molecule has 1 aliphatic heterocycles. The van der Waals surface area contributed by atoms with E-state index in [2.05, 4.69) is 5.32 Å². The normalized spacial score (nSPS) is 27.2. The molecule has 0 bridgehead atoms. The molecular weight excluding hydrogens is 434 g/mol. The van der Waals surface area contributed by atoms with Crippen molar-refractivity contribution in [3.63, 3.8) is 0 Å². The summed E-state index contributed by atoms with van der Waals surface area (Å²) in [6.07, 6.45) is -6.89. The van der Waals surface area contributed by atoms with E-state index in [1.807, 2.05) is 0 Å². The predicted molar refractivity (Wildman–Crippen MR) is 105 cm³/mol. The van der Waals surface area contributed by atoms with Crippen molar-refractivity contribution in [2.24, 2.45) is 0 Å². The van der Waals surface area contributed by atoms with Crippen LogP contribution in [-0.4, -0.2) is 115 Å². The highest BCUT2D eigenvalue weighted by molar-refractivity contribution is 5.81. The minimum atomic E-state index is -1.72. The van der Waals surface area contributed by atoms with Crippen LogP contribution in [-0.2, 0) is 38.1 Å². The maximum Gasteiger partial charge on any atom is 0.306 e. The van der Waals surface area contributed by atoms with Crippen LogP contribution in [0.5, 0.6) is 0 Å². The Morgan fingerprint density at radius 3 is 2.53 bits per heavy atom. The molecule has 13 nitrogen and oxygen atoms in total. The van der Waals surface area contributed by atoms with Crippen LogP contribution in [0.4, 0.5) is 0 Å². The molecule has 1 amide bonds. The van der Waals surface area contributed by atoms with Crippen molar-refractivity contribution in [1.29, 1.82) is 0 Å². The van der Waals surface area contributed by atoms with E-state index in [1.165, 1.54) is 14.0 Å². The minimum Gasteiger partial charge on any atom is -0.463 e. The number of carbonyl (C=O) groups is 3. The van der Waals surface area contributed by atoms with Gasteiger partial charge in [0.05, 0.1) is 45.0 Å². The quantitative estimate of drug-likeness (QED) is 0.0947. The lowest BCUT2D eigenvalue weighted by Crippen LogP contribution is -2.65. The Labute approximate surface area is 185 Å². The Morgan fingerprint density at radius 1 is 1.22 bits per heavy atom. The van der Waals surface area contributed by atoms with Gasteiger partial charge >= 0.3 is 5.97 Å². The van der Waals surface area contributed by atoms with Gasteiger partial charge in [-0.3, -0.25) is 14.4 Å². The van der Waals surface area contributed by atoms with E-state index >= 15 is 0 Å². The summed E-state index contributed by atoms with van der Waals surface area (Å²) in [6, 6.07) is -1.22. The molecule has 0 aromatic rings. The molecule has 1 rings (SSSR count). The Bertz CT molecular complexity index is 591. The number of carbonyl (C=O) groups excluding carboxylic acids is 3. The highest BCUT2D eigenvalue weighted by Crippen LogP contribution is 2.32. The first-order chi connectivity index (χ1) is 15.2. The second-order valence-electron chi connectivity index (χ2n) is 7.36. The standard InChI is InChI=1S/C19H33NO12/c1-19(31-11-22)9-12(23)16(18(32-19)17(27)13(24)10-21)20-14(25)3-4-15(26)30-8-7-29-6-5-28-2/h11-13,16-18,21,23-24,27H,3-10H2,1-2H3,(H,20,25). The summed E-state index contributed by atoms with van der Waals surface area (Å²) < 4.78 is 25.2. The summed E-state index contributed by atoms with van der Waals surface area (Å²) in [6.45, 7) is 1.59. The smallest absolute Gasteiger partial charge is 0.306 e. The van der Waals surface area contributed by atoms with Gasteiger partial charge in [-0.25, -0.2) is 0 Å². The molecule has 6 atom stereocenters. The van der Waals surface area contributed by atoms with Crippen molar-refractivity contribution >= 4 is 18.3 Å². The van der Waals surface area contributed by atoms with E-state index in [4.69, 9.17) is 28.8 Å². The first kappa shape index (κ1) is 28.2. The van der Waals surface area contributed by atoms with Crippen molar-refractivity contribution in [2.75, 3.05) is 40.1 Å². The van der Waals surface area contributed by atoms with Crippen molar-refractivity contribution in [1.82, 2.24) is 5.32 Å². The molecule has 0 aromatic heterocycles. The Kier molecular flexibility index (Phi) is 12.6. The fraction of sp³-hybridized carbons (Fsp3) is 0.842. The number of hydrogen-bond donors (Lipinski definition) is 5. The zero-order chi connectivity index (χ0) is 24.1. The predicted octanol–water partition coefficient (Wildman–Crippen LogP) is -2.79. The average Bonchev–Trinajstić information content (AvgIpc) is 2.75. The number of amides is 1. The number of ether oxygens (including phenoxy) is 5. The first-order valence-electron chi connectivity index (χ1n) is 10.1. The molecule has 1 fully saturated rings. The third-order valence-electron chi connectivity index (χ3n) is 4.76. The Morgan fingerprint density at radius 2 is 1.91 bits per heavy atom. The summed E-state index contributed by atoms with van der Waals surface area (Å²) in [5, 5.41) is 42.1. The molecule has 0 saturated carbocycles. The number of hydrogen-bond acceptors (Lipinski definition) is 12. The summed E-state index contributed by atoms with van der Waals surface area (Å²) in [7, 11) is 1.53. The molecule has 1 saturated heterocycles. The topological polar surface area (TPSA) is 190 Å². The van der Waals surface area contributed by atoms with E-state index < -0.39 is 54.7 Å². The average molecular weight is 467 g/mol. The fourth-order valence-electron chi connectivity index (χ4n) is 3.10. The highest BCUT2D eigenvalue weighted by Gasteiger charge is 2.50. The SMILES string of the molecule is COCCOCCOC(=O)CCC(=O)NC1C(O)CC(C)(OC=O)OC1C(O)C(O)CO. The molecule has 0 spiro atoms. The number of rotatable bonds is 15. The van der Waals surface area contributed by atoms with E-state index in [9.17, 15) is 29.7 Å². The van der Waals surface area contributed by atoms with Gasteiger partial charge in [-0.15, -0.1) is 0 Å². The Balaban J connectivity index is 2.61. The maximum absolute atomic E-state index is 12.3. The van der Waals surface area contributed by atoms with Gasteiger partial charge in [-0.2, -0.15) is 0 Å². The monoisotopic (exact) mass is 467 g/mol. The molecule has 0 aromatic carbocycles. The van der Waals surface area contributed by atoms with Crippen LogP contribution in [0.15, 0.2) is 0 Å². The molecule has 1 heterocycles. The van der Waals surface area contributed by atoms with E-state index in [0.717, 1.165) is 0 Å². The minimum absolute atomic E-state index is 0.0158. The second kappa shape index (κ2) is 14.3. The molecule has 0 radical (unpaired) electrons. The van der Waals surface area contributed by atoms with Crippen molar-refractivity contribution in [3.8, 4) is 0 Å². The lowest BCUT2D eigenvalue weighted by Gasteiger charge is -2.46.